The van der Waals surface area contributed by atoms with Crippen molar-refractivity contribution in [3.05, 3.63) is 18.0 Å². The highest BCUT2D eigenvalue weighted by atomic mass is 16.5. The Morgan fingerprint density at radius 2 is 1.96 bits per heavy atom. The molecule has 2 aliphatic rings. The fraction of sp³-hybridized carbons (Fsp3) is 0.765. The number of hydrogen-bond acceptors (Lipinski definition) is 6. The van der Waals surface area contributed by atoms with E-state index in [9.17, 15) is 0 Å². The van der Waals surface area contributed by atoms with Crippen LogP contribution in [0.2, 0.25) is 0 Å². The first-order valence-corrected chi connectivity index (χ1v) is 8.72. The van der Waals surface area contributed by atoms with Crippen molar-refractivity contribution in [1.29, 1.82) is 0 Å². The van der Waals surface area contributed by atoms with Crippen LogP contribution in [0.5, 0.6) is 0 Å². The fourth-order valence-electron chi connectivity index (χ4n) is 3.28. The molecule has 1 N–H and O–H groups in total. The summed E-state index contributed by atoms with van der Waals surface area (Å²) < 4.78 is 11.0. The zero-order valence-corrected chi connectivity index (χ0v) is 14.0. The highest BCUT2D eigenvalue weighted by molar-refractivity contribution is 5.24. The van der Waals surface area contributed by atoms with E-state index in [0.29, 0.717) is 12.1 Å². The molecule has 0 aliphatic carbocycles. The first kappa shape index (κ1) is 16.6. The predicted octanol–water partition coefficient (Wildman–Crippen LogP) is 1.93. The Kier molecular flexibility index (Phi) is 6.19. The lowest BCUT2D eigenvalue weighted by Crippen LogP contribution is -2.29. The van der Waals surface area contributed by atoms with Gasteiger partial charge in [0.1, 0.15) is 0 Å². The third-order valence-corrected chi connectivity index (χ3v) is 4.58. The van der Waals surface area contributed by atoms with Gasteiger partial charge < -0.3 is 19.7 Å². The first-order chi connectivity index (χ1) is 11.3. The van der Waals surface area contributed by atoms with E-state index in [1.807, 2.05) is 12.4 Å². The van der Waals surface area contributed by atoms with Gasteiger partial charge in [-0.15, -0.1) is 0 Å². The molecule has 1 unspecified atom stereocenters. The summed E-state index contributed by atoms with van der Waals surface area (Å²) in [5.41, 5.74) is 1.15. The molecule has 1 atom stereocenters. The number of nitrogens with one attached hydrogen (secondary N) is 1. The molecule has 6 nitrogen and oxygen atoms in total. The molecule has 0 spiro atoms. The maximum Gasteiger partial charge on any atom is 0.222 e. The lowest BCUT2D eigenvalue weighted by atomic mass is 10.00. The molecule has 2 aliphatic heterocycles. The van der Waals surface area contributed by atoms with Crippen molar-refractivity contribution < 1.29 is 9.47 Å². The van der Waals surface area contributed by atoms with Gasteiger partial charge in [-0.1, -0.05) is 0 Å². The zero-order valence-electron chi connectivity index (χ0n) is 14.0. The Bertz CT molecular complexity index is 456. The quantitative estimate of drug-likeness (QED) is 0.828. The summed E-state index contributed by atoms with van der Waals surface area (Å²) in [5, 5.41) is 3.26. The molecule has 0 aromatic carbocycles. The SMILES string of the molecule is CN(Cc1cnc(NCC2CCCO2)nc1)CC1CCOCC1. The number of hydrogen-bond donors (Lipinski definition) is 1. The van der Waals surface area contributed by atoms with Gasteiger partial charge in [0, 0.05) is 57.4 Å². The lowest BCUT2D eigenvalue weighted by molar-refractivity contribution is 0.0549. The molecule has 2 fully saturated rings. The van der Waals surface area contributed by atoms with Gasteiger partial charge in [0.05, 0.1) is 6.10 Å². The maximum absolute atomic E-state index is 5.59. The van der Waals surface area contributed by atoms with Gasteiger partial charge in [0.15, 0.2) is 0 Å². The molecule has 128 valence electrons. The molecule has 3 rings (SSSR count). The topological polar surface area (TPSA) is 59.5 Å². The van der Waals surface area contributed by atoms with E-state index in [-0.39, 0.29) is 0 Å². The molecule has 0 radical (unpaired) electrons. The molecule has 23 heavy (non-hydrogen) atoms. The van der Waals surface area contributed by atoms with Crippen molar-refractivity contribution in [2.24, 2.45) is 5.92 Å². The third kappa shape index (κ3) is 5.41. The minimum Gasteiger partial charge on any atom is -0.381 e. The van der Waals surface area contributed by atoms with Crippen LogP contribution >= 0.6 is 0 Å². The summed E-state index contributed by atoms with van der Waals surface area (Å²) in [6, 6.07) is 0. The molecule has 1 aromatic heterocycles. The third-order valence-electron chi connectivity index (χ3n) is 4.58. The van der Waals surface area contributed by atoms with E-state index in [0.717, 1.165) is 63.8 Å². The molecular weight excluding hydrogens is 292 g/mol. The van der Waals surface area contributed by atoms with Crippen LogP contribution < -0.4 is 5.32 Å². The molecule has 6 heteroatoms. The van der Waals surface area contributed by atoms with Crippen LogP contribution in [-0.2, 0) is 16.0 Å². The van der Waals surface area contributed by atoms with Crippen molar-refractivity contribution in [3.63, 3.8) is 0 Å². The van der Waals surface area contributed by atoms with Gasteiger partial charge in [-0.05, 0) is 38.6 Å². The van der Waals surface area contributed by atoms with Crippen LogP contribution in [0.25, 0.3) is 0 Å². The van der Waals surface area contributed by atoms with E-state index in [2.05, 4.69) is 27.2 Å². The van der Waals surface area contributed by atoms with Crippen LogP contribution in [0, 0.1) is 5.92 Å². The van der Waals surface area contributed by atoms with E-state index >= 15 is 0 Å². The van der Waals surface area contributed by atoms with Gasteiger partial charge in [0.2, 0.25) is 5.95 Å². The van der Waals surface area contributed by atoms with E-state index in [1.54, 1.807) is 0 Å². The van der Waals surface area contributed by atoms with Crippen LogP contribution in [-0.4, -0.2) is 60.9 Å². The van der Waals surface area contributed by atoms with Gasteiger partial charge in [-0.2, -0.15) is 0 Å². The standard InChI is InChI=1S/C17H28N4O2/c1-21(12-14-4-7-22-8-5-14)13-15-9-18-17(19-10-15)20-11-16-3-2-6-23-16/h9-10,14,16H,2-8,11-13H2,1H3,(H,18,19,20). The second kappa shape index (κ2) is 8.57. The lowest BCUT2D eigenvalue weighted by Gasteiger charge is -2.27. The van der Waals surface area contributed by atoms with Crippen molar-refractivity contribution in [3.8, 4) is 0 Å². The Balaban J connectivity index is 1.41. The molecule has 0 bridgehead atoms. The first-order valence-electron chi connectivity index (χ1n) is 8.72. The molecule has 1 aromatic rings. The normalized spacial score (nSPS) is 22.6. The molecule has 3 heterocycles. The highest BCUT2D eigenvalue weighted by Gasteiger charge is 2.17. The Morgan fingerprint density at radius 3 is 2.65 bits per heavy atom. The number of ether oxygens (including phenoxy) is 2. The number of anilines is 1. The largest absolute Gasteiger partial charge is 0.381 e. The average molecular weight is 320 g/mol. The van der Waals surface area contributed by atoms with Gasteiger partial charge in [-0.3, -0.25) is 0 Å². The summed E-state index contributed by atoms with van der Waals surface area (Å²) in [4.78, 5) is 11.2. The summed E-state index contributed by atoms with van der Waals surface area (Å²) in [6.45, 7) is 5.50. The second-order valence-electron chi connectivity index (χ2n) is 6.68. The molecular formula is C17H28N4O2. The monoisotopic (exact) mass is 320 g/mol. The van der Waals surface area contributed by atoms with Gasteiger partial charge >= 0.3 is 0 Å². The van der Waals surface area contributed by atoms with Crippen LogP contribution in [0.15, 0.2) is 12.4 Å². The minimum atomic E-state index is 0.309. The fourth-order valence-corrected chi connectivity index (χ4v) is 3.28. The second-order valence-corrected chi connectivity index (χ2v) is 6.68. The van der Waals surface area contributed by atoms with Crippen molar-refractivity contribution in [2.75, 3.05) is 45.3 Å². The average Bonchev–Trinajstić information content (AvgIpc) is 3.08. The minimum absolute atomic E-state index is 0.309. The number of nitrogens with zero attached hydrogens (tertiary/aromatic N) is 3. The summed E-state index contributed by atoms with van der Waals surface area (Å²) in [5.74, 6) is 1.44. The van der Waals surface area contributed by atoms with Crippen LogP contribution in [0.3, 0.4) is 0 Å². The predicted molar refractivity (Wildman–Crippen MR) is 89.4 cm³/mol. The Hall–Kier alpha value is -1.24. The van der Waals surface area contributed by atoms with E-state index < -0.39 is 0 Å². The number of rotatable bonds is 7. The Labute approximate surface area is 138 Å². The van der Waals surface area contributed by atoms with Crippen molar-refractivity contribution in [2.45, 2.75) is 38.3 Å². The van der Waals surface area contributed by atoms with Crippen LogP contribution in [0.1, 0.15) is 31.2 Å². The summed E-state index contributed by atoms with van der Waals surface area (Å²) in [7, 11) is 2.17. The molecule has 2 saturated heterocycles. The summed E-state index contributed by atoms with van der Waals surface area (Å²) >= 11 is 0. The smallest absolute Gasteiger partial charge is 0.222 e. The van der Waals surface area contributed by atoms with E-state index in [1.165, 1.54) is 12.8 Å². The van der Waals surface area contributed by atoms with Gasteiger partial charge in [0.25, 0.3) is 0 Å². The van der Waals surface area contributed by atoms with Crippen molar-refractivity contribution >= 4 is 5.95 Å². The zero-order chi connectivity index (χ0) is 15.9. The Morgan fingerprint density at radius 1 is 1.17 bits per heavy atom. The van der Waals surface area contributed by atoms with Crippen molar-refractivity contribution in [1.82, 2.24) is 14.9 Å². The van der Waals surface area contributed by atoms with Crippen LogP contribution in [0.4, 0.5) is 5.95 Å². The van der Waals surface area contributed by atoms with Gasteiger partial charge in [-0.25, -0.2) is 9.97 Å². The van der Waals surface area contributed by atoms with E-state index in [4.69, 9.17) is 9.47 Å². The highest BCUT2D eigenvalue weighted by Crippen LogP contribution is 2.16. The molecule has 0 saturated carbocycles. The maximum atomic E-state index is 5.59. The number of aromatic nitrogens is 2. The molecule has 0 amide bonds. The summed E-state index contributed by atoms with van der Waals surface area (Å²) in [6.07, 6.45) is 8.79.